The lowest BCUT2D eigenvalue weighted by Crippen LogP contribution is -2.00. The van der Waals surface area contributed by atoms with Gasteiger partial charge in [0, 0.05) is 5.56 Å². The van der Waals surface area contributed by atoms with Crippen LogP contribution in [0.15, 0.2) is 58.1 Å². The summed E-state index contributed by atoms with van der Waals surface area (Å²) in [5, 5.41) is 20.9. The zero-order valence-corrected chi connectivity index (χ0v) is 16.4. The maximum Gasteiger partial charge on any atom is 0.247 e. The summed E-state index contributed by atoms with van der Waals surface area (Å²) < 4.78 is 12.7. The summed E-state index contributed by atoms with van der Waals surface area (Å²) in [7, 11) is 1.63. The fraction of sp³-hybridized carbons (Fsp3) is 0.211. The van der Waals surface area contributed by atoms with Gasteiger partial charge in [-0.15, -0.1) is 15.3 Å². The molecule has 4 rings (SSSR count). The molecule has 2 aromatic carbocycles. The molecule has 1 atom stereocenters. The molecule has 28 heavy (non-hydrogen) atoms. The third kappa shape index (κ3) is 3.74. The molecule has 0 spiro atoms. The van der Waals surface area contributed by atoms with Gasteiger partial charge in [0.15, 0.2) is 0 Å². The van der Waals surface area contributed by atoms with Crippen LogP contribution in [-0.4, -0.2) is 37.5 Å². The van der Waals surface area contributed by atoms with Crippen LogP contribution in [0.5, 0.6) is 5.75 Å². The molecule has 9 heteroatoms. The Morgan fingerprint density at radius 3 is 2.46 bits per heavy atom. The van der Waals surface area contributed by atoms with Gasteiger partial charge in [-0.05, 0) is 60.7 Å². The smallest absolute Gasteiger partial charge is 0.247 e. The molecular weight excluding hydrogens is 376 g/mol. The van der Waals surface area contributed by atoms with Gasteiger partial charge in [0.2, 0.25) is 16.9 Å². The van der Waals surface area contributed by atoms with Gasteiger partial charge in [0.1, 0.15) is 5.75 Å². The second kappa shape index (κ2) is 7.81. The molecule has 8 nitrogen and oxygen atoms in total. The zero-order chi connectivity index (χ0) is 19.5. The molecule has 0 aliphatic rings. The number of nitrogens with zero attached hydrogens (tertiary/aromatic N) is 6. The summed E-state index contributed by atoms with van der Waals surface area (Å²) in [6.45, 7) is 4.02. The van der Waals surface area contributed by atoms with Crippen molar-refractivity contribution in [2.45, 2.75) is 24.3 Å². The van der Waals surface area contributed by atoms with E-state index in [1.54, 1.807) is 11.8 Å². The highest BCUT2D eigenvalue weighted by molar-refractivity contribution is 7.99. The molecule has 0 amide bonds. The molecule has 0 radical (unpaired) electrons. The first-order chi connectivity index (χ1) is 13.6. The molecule has 0 bridgehead atoms. The molecule has 0 unspecified atom stereocenters. The molecule has 4 aromatic rings. The van der Waals surface area contributed by atoms with Gasteiger partial charge in [0.05, 0.1) is 18.0 Å². The van der Waals surface area contributed by atoms with E-state index in [-0.39, 0.29) is 5.25 Å². The van der Waals surface area contributed by atoms with Crippen LogP contribution in [0.25, 0.3) is 17.1 Å². The van der Waals surface area contributed by atoms with Crippen molar-refractivity contribution in [3.8, 4) is 22.9 Å². The van der Waals surface area contributed by atoms with E-state index < -0.39 is 0 Å². The van der Waals surface area contributed by atoms with Gasteiger partial charge in [-0.3, -0.25) is 0 Å². The maximum absolute atomic E-state index is 5.85. The van der Waals surface area contributed by atoms with Crippen molar-refractivity contribution in [2.24, 2.45) is 0 Å². The molecule has 0 N–H and O–H groups in total. The lowest BCUT2D eigenvalue weighted by atomic mass is 10.2. The number of ether oxygens (including phenoxy) is 1. The predicted octanol–water partition coefficient (Wildman–Crippen LogP) is 3.88. The standard InChI is InChI=1S/C19H18N6O2S/c1-12-4-8-15(9-5-12)25-19(22-23-24-25)28-13(2)17-20-21-18(27-17)14-6-10-16(26-3)11-7-14/h4-11,13H,1-3H3/t13-/m1/s1. The lowest BCUT2D eigenvalue weighted by Gasteiger charge is -2.07. The molecule has 0 aliphatic heterocycles. The van der Waals surface area contributed by atoms with Crippen LogP contribution in [0.3, 0.4) is 0 Å². The van der Waals surface area contributed by atoms with Crippen molar-refractivity contribution < 1.29 is 9.15 Å². The van der Waals surface area contributed by atoms with E-state index >= 15 is 0 Å². The Bertz CT molecular complexity index is 1060. The summed E-state index contributed by atoms with van der Waals surface area (Å²) >= 11 is 1.45. The van der Waals surface area contributed by atoms with Crippen LogP contribution < -0.4 is 4.74 Å². The summed E-state index contributed by atoms with van der Waals surface area (Å²) in [4.78, 5) is 0. The van der Waals surface area contributed by atoms with E-state index in [4.69, 9.17) is 9.15 Å². The molecule has 2 aromatic heterocycles. The SMILES string of the molecule is COc1ccc(-c2nnc([C@@H](C)Sc3nnnn3-c3ccc(C)cc3)o2)cc1. The van der Waals surface area contributed by atoms with Gasteiger partial charge < -0.3 is 9.15 Å². The molecule has 0 aliphatic carbocycles. The number of thioether (sulfide) groups is 1. The monoisotopic (exact) mass is 394 g/mol. The van der Waals surface area contributed by atoms with Gasteiger partial charge >= 0.3 is 0 Å². The van der Waals surface area contributed by atoms with Crippen LogP contribution in [0.4, 0.5) is 0 Å². The van der Waals surface area contributed by atoms with Crippen molar-refractivity contribution in [1.29, 1.82) is 0 Å². The second-order valence-corrected chi connectivity index (χ2v) is 7.45. The van der Waals surface area contributed by atoms with Gasteiger partial charge in [-0.2, -0.15) is 4.68 Å². The highest BCUT2D eigenvalue weighted by Crippen LogP contribution is 2.34. The van der Waals surface area contributed by atoms with Crippen LogP contribution >= 0.6 is 11.8 Å². The minimum atomic E-state index is -0.116. The largest absolute Gasteiger partial charge is 0.497 e. The van der Waals surface area contributed by atoms with Crippen LogP contribution in [0.1, 0.15) is 23.6 Å². The van der Waals surface area contributed by atoms with E-state index in [9.17, 15) is 0 Å². The quantitative estimate of drug-likeness (QED) is 0.455. The third-order valence-electron chi connectivity index (χ3n) is 4.13. The normalized spacial score (nSPS) is 12.1. The highest BCUT2D eigenvalue weighted by atomic mass is 32.2. The number of methoxy groups -OCH3 is 1. The first kappa shape index (κ1) is 18.2. The maximum atomic E-state index is 5.85. The Kier molecular flexibility index (Phi) is 5.07. The van der Waals surface area contributed by atoms with E-state index in [1.807, 2.05) is 62.4 Å². The predicted molar refractivity (Wildman–Crippen MR) is 104 cm³/mol. The Hall–Kier alpha value is -3.20. The number of tetrazole rings is 1. The van der Waals surface area contributed by atoms with Crippen molar-refractivity contribution in [2.75, 3.05) is 7.11 Å². The average Bonchev–Trinajstić information content (AvgIpc) is 3.39. The molecule has 2 heterocycles. The number of aromatic nitrogens is 6. The van der Waals surface area contributed by atoms with E-state index in [0.717, 1.165) is 17.0 Å². The number of benzene rings is 2. The summed E-state index contributed by atoms with van der Waals surface area (Å²) in [6, 6.07) is 15.5. The van der Waals surface area contributed by atoms with Crippen molar-refractivity contribution >= 4 is 11.8 Å². The summed E-state index contributed by atoms with van der Waals surface area (Å²) in [5.41, 5.74) is 2.91. The number of hydrogen-bond acceptors (Lipinski definition) is 8. The minimum Gasteiger partial charge on any atom is -0.497 e. The second-order valence-electron chi connectivity index (χ2n) is 6.14. The highest BCUT2D eigenvalue weighted by Gasteiger charge is 2.20. The fourth-order valence-corrected chi connectivity index (χ4v) is 3.40. The van der Waals surface area contributed by atoms with Crippen molar-refractivity contribution in [3.63, 3.8) is 0 Å². The van der Waals surface area contributed by atoms with Crippen LogP contribution in [0, 0.1) is 6.92 Å². The first-order valence-corrected chi connectivity index (χ1v) is 9.52. The summed E-state index contributed by atoms with van der Waals surface area (Å²) in [6.07, 6.45) is 0. The Labute approximate surface area is 165 Å². The molecule has 142 valence electrons. The number of aryl methyl sites for hydroxylation is 1. The Morgan fingerprint density at radius 1 is 1.00 bits per heavy atom. The molecular formula is C19H18N6O2S. The third-order valence-corrected chi connectivity index (χ3v) is 5.15. The number of rotatable bonds is 6. The van der Waals surface area contributed by atoms with Gasteiger partial charge in [0.25, 0.3) is 0 Å². The van der Waals surface area contributed by atoms with Crippen LogP contribution in [-0.2, 0) is 0 Å². The first-order valence-electron chi connectivity index (χ1n) is 8.64. The average molecular weight is 394 g/mol. The number of hydrogen-bond donors (Lipinski definition) is 0. The zero-order valence-electron chi connectivity index (χ0n) is 15.6. The fourth-order valence-electron chi connectivity index (χ4n) is 2.56. The van der Waals surface area contributed by atoms with Gasteiger partial charge in [-0.1, -0.05) is 29.5 Å². The Balaban J connectivity index is 1.52. The minimum absolute atomic E-state index is 0.116. The van der Waals surface area contributed by atoms with Crippen LogP contribution in [0.2, 0.25) is 0 Å². The van der Waals surface area contributed by atoms with E-state index in [1.165, 1.54) is 17.3 Å². The summed E-state index contributed by atoms with van der Waals surface area (Å²) in [5.74, 6) is 1.74. The van der Waals surface area contributed by atoms with E-state index in [0.29, 0.717) is 16.9 Å². The van der Waals surface area contributed by atoms with Gasteiger partial charge in [-0.25, -0.2) is 0 Å². The van der Waals surface area contributed by atoms with E-state index in [2.05, 4.69) is 25.7 Å². The molecule has 0 saturated carbocycles. The van der Waals surface area contributed by atoms with Crippen molar-refractivity contribution in [1.82, 2.24) is 30.4 Å². The topological polar surface area (TPSA) is 91.8 Å². The van der Waals surface area contributed by atoms with Crippen molar-refractivity contribution in [3.05, 3.63) is 60.0 Å². The Morgan fingerprint density at radius 2 is 1.75 bits per heavy atom. The lowest BCUT2D eigenvalue weighted by molar-refractivity contribution is 0.415. The molecule has 0 saturated heterocycles. The molecule has 0 fully saturated rings.